The Morgan fingerprint density at radius 2 is 2.00 bits per heavy atom. The first-order valence-electron chi connectivity index (χ1n) is 8.02. The molecule has 1 saturated carbocycles. The van der Waals surface area contributed by atoms with E-state index in [2.05, 4.69) is 43.2 Å². The topological polar surface area (TPSA) is 34.1 Å². The minimum Gasteiger partial charge on any atom is -0.489 e. The predicted octanol–water partition coefficient (Wildman–Crippen LogP) is 3.93. The largest absolute Gasteiger partial charge is 0.489 e. The molecule has 3 nitrogen and oxygen atoms in total. The second kappa shape index (κ2) is 7.63. The summed E-state index contributed by atoms with van der Waals surface area (Å²) in [6.45, 7) is 7.40. The lowest BCUT2D eigenvalue weighted by atomic mass is 9.86. The number of hydrogen-bond donors (Lipinski definition) is 1. The van der Waals surface area contributed by atoms with Crippen molar-refractivity contribution in [1.29, 1.82) is 0 Å². The normalized spacial score (nSPS) is 23.0. The summed E-state index contributed by atoms with van der Waals surface area (Å²) in [5.74, 6) is 1.83. The lowest BCUT2D eigenvalue weighted by Crippen LogP contribution is -2.24. The average molecular weight is 276 g/mol. The van der Waals surface area contributed by atoms with Crippen molar-refractivity contribution in [2.75, 3.05) is 0 Å². The Morgan fingerprint density at radius 3 is 2.55 bits per heavy atom. The minimum atomic E-state index is 0.388. The summed E-state index contributed by atoms with van der Waals surface area (Å²) in [7, 11) is 0. The third-order valence-electron chi connectivity index (χ3n) is 4.16. The molecule has 1 aromatic heterocycles. The van der Waals surface area contributed by atoms with Crippen LogP contribution in [0.25, 0.3) is 0 Å². The first-order valence-corrected chi connectivity index (χ1v) is 8.02. The van der Waals surface area contributed by atoms with Crippen LogP contribution < -0.4 is 10.1 Å². The highest BCUT2D eigenvalue weighted by atomic mass is 16.5. The van der Waals surface area contributed by atoms with Crippen molar-refractivity contribution in [3.63, 3.8) is 0 Å². The molecule has 0 saturated heterocycles. The van der Waals surface area contributed by atoms with Gasteiger partial charge in [0.2, 0.25) is 0 Å². The third-order valence-corrected chi connectivity index (χ3v) is 4.16. The van der Waals surface area contributed by atoms with Gasteiger partial charge in [-0.25, -0.2) is 0 Å². The number of ether oxygens (including phenoxy) is 1. The lowest BCUT2D eigenvalue weighted by molar-refractivity contribution is 0.129. The highest BCUT2D eigenvalue weighted by molar-refractivity contribution is 5.20. The summed E-state index contributed by atoms with van der Waals surface area (Å²) >= 11 is 0. The Balaban J connectivity index is 1.79. The minimum absolute atomic E-state index is 0.388. The monoisotopic (exact) mass is 276 g/mol. The van der Waals surface area contributed by atoms with Crippen LogP contribution >= 0.6 is 0 Å². The molecule has 1 aromatic rings. The molecule has 0 radical (unpaired) electrons. The fourth-order valence-electron chi connectivity index (χ4n) is 2.74. The van der Waals surface area contributed by atoms with Gasteiger partial charge in [0, 0.05) is 12.6 Å². The van der Waals surface area contributed by atoms with E-state index in [1.54, 1.807) is 0 Å². The van der Waals surface area contributed by atoms with E-state index >= 15 is 0 Å². The molecule has 1 aliphatic rings. The van der Waals surface area contributed by atoms with Gasteiger partial charge in [-0.1, -0.05) is 27.2 Å². The summed E-state index contributed by atoms with van der Waals surface area (Å²) in [6.07, 6.45) is 8.56. The zero-order valence-corrected chi connectivity index (χ0v) is 13.1. The molecule has 0 amide bonds. The molecule has 1 heterocycles. The number of nitrogens with zero attached hydrogens (tertiary/aromatic N) is 1. The lowest BCUT2D eigenvalue weighted by Gasteiger charge is -2.28. The maximum Gasteiger partial charge on any atom is 0.138 e. The number of rotatable bonds is 6. The van der Waals surface area contributed by atoms with Crippen molar-refractivity contribution in [2.24, 2.45) is 5.92 Å². The van der Waals surface area contributed by atoms with E-state index in [0.717, 1.165) is 23.9 Å². The van der Waals surface area contributed by atoms with Gasteiger partial charge in [0.1, 0.15) is 5.75 Å². The third kappa shape index (κ3) is 4.78. The van der Waals surface area contributed by atoms with E-state index < -0.39 is 0 Å². The first kappa shape index (κ1) is 15.3. The zero-order valence-electron chi connectivity index (χ0n) is 13.1. The Morgan fingerprint density at radius 1 is 1.25 bits per heavy atom. The Hall–Kier alpha value is -1.09. The predicted molar refractivity (Wildman–Crippen MR) is 82.9 cm³/mol. The van der Waals surface area contributed by atoms with Gasteiger partial charge in [-0.3, -0.25) is 4.98 Å². The number of hydrogen-bond acceptors (Lipinski definition) is 3. The number of pyridine rings is 1. The molecule has 0 aromatic carbocycles. The van der Waals surface area contributed by atoms with Gasteiger partial charge in [0.05, 0.1) is 18.0 Å². The Labute approximate surface area is 123 Å². The van der Waals surface area contributed by atoms with Crippen molar-refractivity contribution in [3.8, 4) is 5.75 Å². The molecule has 0 atom stereocenters. The van der Waals surface area contributed by atoms with Gasteiger partial charge in [-0.15, -0.1) is 0 Å². The van der Waals surface area contributed by atoms with Crippen molar-refractivity contribution < 1.29 is 4.74 Å². The maximum absolute atomic E-state index is 6.05. The van der Waals surface area contributed by atoms with Gasteiger partial charge >= 0.3 is 0 Å². The Bertz CT molecular complexity index is 380. The Kier molecular flexibility index (Phi) is 5.84. The van der Waals surface area contributed by atoms with Gasteiger partial charge < -0.3 is 10.1 Å². The maximum atomic E-state index is 6.05. The van der Waals surface area contributed by atoms with Crippen LogP contribution in [0.1, 0.15) is 58.6 Å². The molecule has 0 aliphatic heterocycles. The molecule has 0 unspecified atom stereocenters. The van der Waals surface area contributed by atoms with Crippen LogP contribution in [-0.4, -0.2) is 17.1 Å². The van der Waals surface area contributed by atoms with E-state index in [1.165, 1.54) is 32.1 Å². The fraction of sp³-hybridized carbons (Fsp3) is 0.706. The molecule has 0 bridgehead atoms. The molecule has 3 heteroatoms. The van der Waals surface area contributed by atoms with Gasteiger partial charge in [0.25, 0.3) is 0 Å². The van der Waals surface area contributed by atoms with Crippen molar-refractivity contribution in [1.82, 2.24) is 10.3 Å². The smallest absolute Gasteiger partial charge is 0.138 e. The number of aromatic nitrogens is 1. The van der Waals surface area contributed by atoms with E-state index in [0.29, 0.717) is 12.1 Å². The molecule has 1 aliphatic carbocycles. The van der Waals surface area contributed by atoms with Crippen molar-refractivity contribution in [2.45, 2.75) is 71.6 Å². The second-order valence-electron chi connectivity index (χ2n) is 6.19. The van der Waals surface area contributed by atoms with Crippen LogP contribution in [0.2, 0.25) is 0 Å². The van der Waals surface area contributed by atoms with Crippen LogP contribution in [-0.2, 0) is 6.54 Å². The standard InChI is InChI=1S/C17H28N2O/c1-4-14-5-8-16(9-6-14)20-17-10-7-15(19-12-17)11-18-13(2)3/h7,10,12-14,16,18H,4-6,8-9,11H2,1-3H3. The summed E-state index contributed by atoms with van der Waals surface area (Å²) in [6, 6.07) is 4.60. The van der Waals surface area contributed by atoms with Crippen molar-refractivity contribution in [3.05, 3.63) is 24.0 Å². The zero-order chi connectivity index (χ0) is 14.4. The number of nitrogens with one attached hydrogen (secondary N) is 1. The van der Waals surface area contributed by atoms with Crippen LogP contribution in [0.4, 0.5) is 0 Å². The summed E-state index contributed by atoms with van der Waals surface area (Å²) in [5, 5.41) is 3.37. The molecular weight excluding hydrogens is 248 g/mol. The van der Waals surface area contributed by atoms with Gasteiger partial charge in [-0.2, -0.15) is 0 Å². The molecule has 1 N–H and O–H groups in total. The van der Waals surface area contributed by atoms with Crippen LogP contribution in [0.3, 0.4) is 0 Å². The first-order chi connectivity index (χ1) is 9.67. The molecule has 20 heavy (non-hydrogen) atoms. The van der Waals surface area contributed by atoms with E-state index in [9.17, 15) is 0 Å². The van der Waals surface area contributed by atoms with Crippen LogP contribution in [0.5, 0.6) is 5.75 Å². The average Bonchev–Trinajstić information content (AvgIpc) is 2.47. The highest BCUT2D eigenvalue weighted by Gasteiger charge is 2.21. The summed E-state index contributed by atoms with van der Waals surface area (Å²) in [4.78, 5) is 4.46. The van der Waals surface area contributed by atoms with Gasteiger partial charge in [-0.05, 0) is 43.7 Å². The fourth-order valence-corrected chi connectivity index (χ4v) is 2.74. The molecular formula is C17H28N2O. The molecule has 2 rings (SSSR count). The van der Waals surface area contributed by atoms with E-state index in [-0.39, 0.29) is 0 Å². The summed E-state index contributed by atoms with van der Waals surface area (Å²) in [5.41, 5.74) is 1.07. The second-order valence-corrected chi connectivity index (χ2v) is 6.19. The molecule has 1 fully saturated rings. The van der Waals surface area contributed by atoms with Crippen molar-refractivity contribution >= 4 is 0 Å². The van der Waals surface area contributed by atoms with E-state index in [4.69, 9.17) is 4.74 Å². The SMILES string of the molecule is CCC1CCC(Oc2ccc(CNC(C)C)nc2)CC1. The van der Waals surface area contributed by atoms with Crippen LogP contribution in [0, 0.1) is 5.92 Å². The molecule has 112 valence electrons. The van der Waals surface area contributed by atoms with Gasteiger partial charge in [0.15, 0.2) is 0 Å². The quantitative estimate of drug-likeness (QED) is 0.855. The summed E-state index contributed by atoms with van der Waals surface area (Å²) < 4.78 is 6.05. The van der Waals surface area contributed by atoms with E-state index in [1.807, 2.05) is 6.20 Å². The van der Waals surface area contributed by atoms with Crippen LogP contribution in [0.15, 0.2) is 18.3 Å². The molecule has 0 spiro atoms. The highest BCUT2D eigenvalue weighted by Crippen LogP contribution is 2.29.